The number of fused-ring (bicyclic) bond motifs is 6. The summed E-state index contributed by atoms with van der Waals surface area (Å²) in [7, 11) is 0. The number of aromatic carboxylic acids is 2. The number of thiophene rings is 4. The van der Waals surface area contributed by atoms with E-state index in [1.165, 1.54) is 299 Å². The van der Waals surface area contributed by atoms with Crippen molar-refractivity contribution in [2.45, 2.75) is 188 Å². The number of pyridine rings is 4. The molecule has 0 bridgehead atoms. The van der Waals surface area contributed by atoms with E-state index in [0.29, 0.717) is 11.4 Å². The number of isothiocyanates is 2. The Bertz CT molecular complexity index is 5100. The van der Waals surface area contributed by atoms with Crippen LogP contribution in [-0.2, 0) is 45.2 Å². The van der Waals surface area contributed by atoms with Gasteiger partial charge in [0.1, 0.15) is 5.00 Å². The van der Waals surface area contributed by atoms with Gasteiger partial charge in [0.2, 0.25) is 0 Å². The molecule has 570 valence electrons. The third-order valence-corrected chi connectivity index (χ3v) is 25.2. The first-order valence-electron chi connectivity index (χ1n) is 38.9. The molecule has 11 nitrogen and oxygen atoms in total. The fourth-order valence-corrected chi connectivity index (χ4v) is 19.1. The van der Waals surface area contributed by atoms with Gasteiger partial charge in [0.05, 0.1) is 44.9 Å². The first kappa shape index (κ1) is 84.7. The predicted molar refractivity (Wildman–Crippen MR) is 471 cm³/mol. The van der Waals surface area contributed by atoms with Gasteiger partial charge in [-0.05, 0) is 228 Å². The zero-order valence-corrected chi connectivity index (χ0v) is 70.3. The minimum Gasteiger partial charge on any atom is -0.753 e. The number of rotatable bonds is 34. The fourth-order valence-electron chi connectivity index (χ4n) is 14.7. The van der Waals surface area contributed by atoms with Gasteiger partial charge in [-0.25, -0.2) is 9.59 Å². The molecule has 0 fully saturated rings. The summed E-state index contributed by atoms with van der Waals surface area (Å²) in [6.45, 7) is 9.21. The van der Waals surface area contributed by atoms with Crippen LogP contribution in [0.25, 0.3) is 112 Å². The van der Waals surface area contributed by atoms with Gasteiger partial charge in [-0.1, -0.05) is 203 Å². The van der Waals surface area contributed by atoms with Crippen LogP contribution in [0, 0.1) is 0 Å². The summed E-state index contributed by atoms with van der Waals surface area (Å²) in [5, 5.41) is 38.7. The molecule has 4 aromatic carbocycles. The van der Waals surface area contributed by atoms with Crippen molar-refractivity contribution in [3.05, 3.63) is 255 Å². The second-order valence-electron chi connectivity index (χ2n) is 28.2. The maximum atomic E-state index is 10.8. The molecule has 0 radical (unpaired) electrons. The van der Waals surface area contributed by atoms with Gasteiger partial charge in [-0.2, -0.15) is 10.3 Å². The molecule has 111 heavy (non-hydrogen) atoms. The third-order valence-electron chi connectivity index (χ3n) is 20.4. The summed E-state index contributed by atoms with van der Waals surface area (Å²) in [4.78, 5) is 48.5. The van der Waals surface area contributed by atoms with Crippen molar-refractivity contribution in [1.82, 2.24) is 24.5 Å². The van der Waals surface area contributed by atoms with E-state index in [9.17, 15) is 9.59 Å². The van der Waals surface area contributed by atoms with Crippen molar-refractivity contribution in [2.75, 3.05) is 0 Å². The van der Waals surface area contributed by atoms with Crippen molar-refractivity contribution in [2.24, 2.45) is 0 Å². The molecular formula is C93H95N7O4RuS6. The first-order chi connectivity index (χ1) is 53.9. The average Bonchev–Trinajstić information content (AvgIpc) is 1.59. The maximum Gasteiger partial charge on any atom is 2.00 e. The average molecular weight is 1670 g/mol. The molecule has 0 saturated carbocycles. The largest absolute Gasteiger partial charge is 2.00 e. The summed E-state index contributed by atoms with van der Waals surface area (Å²) in [5.41, 5.74) is 19.3. The van der Waals surface area contributed by atoms with Crippen molar-refractivity contribution < 1.29 is 39.3 Å². The Labute approximate surface area is 693 Å². The Morgan fingerprint density at radius 2 is 0.721 bits per heavy atom. The third kappa shape index (κ3) is 22.3. The minimum absolute atomic E-state index is 0. The molecule has 0 spiro atoms. The Balaban J connectivity index is 0.000000450. The smallest absolute Gasteiger partial charge is 0.753 e. The molecule has 14 rings (SSSR count). The zero-order chi connectivity index (χ0) is 77.1. The van der Waals surface area contributed by atoms with Crippen LogP contribution >= 0.6 is 69.8 Å². The minimum atomic E-state index is -1.08. The van der Waals surface area contributed by atoms with Gasteiger partial charge in [0.25, 0.3) is 0 Å². The summed E-state index contributed by atoms with van der Waals surface area (Å²) in [6.07, 6.45) is 37.4. The van der Waals surface area contributed by atoms with Gasteiger partial charge in [0, 0.05) is 75.6 Å². The number of hydrogen-bond acceptors (Lipinski definition) is 12. The Hall–Kier alpha value is -8.76. The van der Waals surface area contributed by atoms with E-state index in [4.69, 9.17) is 31.0 Å². The topological polar surface area (TPSA) is 176 Å². The van der Waals surface area contributed by atoms with Crippen molar-refractivity contribution >= 4 is 114 Å². The number of carboxylic acid groups (broad SMARTS) is 2. The molecule has 0 aliphatic heterocycles. The van der Waals surface area contributed by atoms with E-state index in [-0.39, 0.29) is 36.5 Å². The monoisotopic (exact) mass is 1670 g/mol. The van der Waals surface area contributed by atoms with Crippen LogP contribution in [-0.4, -0.2) is 57.0 Å². The van der Waals surface area contributed by atoms with Crippen LogP contribution < -0.4 is 0 Å². The van der Waals surface area contributed by atoms with Crippen LogP contribution in [0.2, 0.25) is 0 Å². The summed E-state index contributed by atoms with van der Waals surface area (Å²) in [6, 6.07) is 62.3. The van der Waals surface area contributed by atoms with Gasteiger partial charge in [0.15, 0.2) is 0 Å². The standard InChI is InChI=1S/C79H87N3S4.C12H8N2O4.2CNS.Ru/c1-5-9-13-17-21-25-55-29-33-61-63(49-55)64-50-56(26-22-18-14-10-6-2)30-34-62(64)79(61)77-42-41-74(85-77)73-39-37-71(83-73)59-45-47-80-67(53-59)68-54-60(46-48-81-68)72-38-40-75(84-72)76-43-44-78(86-76)82-69-35-31-57(27-23-19-15-11-7-3)51-65(69)66-52-58(32-36-70(66)82)28-24-20-16-12-8-4;15-11(16)7-1-3-13-9(5-7)10-6-8(12(17)18)2-4-14-10;2*2-1-3;/h29-54,79H,5-28H2,1-4H3;1-6H,(H,15,16)(H,17,18);;;/q;;2*-1;+2. The van der Waals surface area contributed by atoms with Gasteiger partial charge in [-0.15, -0.1) is 45.3 Å². The van der Waals surface area contributed by atoms with Crippen LogP contribution in [0.3, 0.4) is 0 Å². The van der Waals surface area contributed by atoms with Gasteiger partial charge >= 0.3 is 31.4 Å². The molecule has 2 N–H and O–H groups in total. The number of nitrogens with zero attached hydrogens (tertiary/aromatic N) is 7. The Morgan fingerprint density at radius 1 is 0.387 bits per heavy atom. The number of carboxylic acids is 2. The van der Waals surface area contributed by atoms with E-state index in [2.05, 4.69) is 212 Å². The quantitative estimate of drug-likeness (QED) is 0.0171. The molecule has 0 atom stereocenters. The van der Waals surface area contributed by atoms with Crippen LogP contribution in [0.4, 0.5) is 0 Å². The van der Waals surface area contributed by atoms with Crippen LogP contribution in [0.5, 0.6) is 0 Å². The molecule has 13 aromatic rings. The number of hydrogen-bond donors (Lipinski definition) is 2. The normalized spacial score (nSPS) is 11.3. The molecule has 0 amide bonds. The predicted octanol–water partition coefficient (Wildman–Crippen LogP) is 28.2. The molecule has 1 aliphatic rings. The molecule has 9 heterocycles. The number of thiocarbonyl (C=S) groups is 2. The van der Waals surface area contributed by atoms with E-state index >= 15 is 0 Å². The number of aromatic nitrogens is 5. The van der Waals surface area contributed by atoms with Gasteiger partial charge in [-0.3, -0.25) is 19.9 Å². The zero-order valence-electron chi connectivity index (χ0n) is 63.7. The van der Waals surface area contributed by atoms with E-state index in [1.54, 1.807) is 0 Å². The Kier molecular flexibility index (Phi) is 33.1. The maximum absolute atomic E-state index is 10.8. The molecule has 18 heteroatoms. The number of aryl methyl sites for hydroxylation is 4. The van der Waals surface area contributed by atoms with Crippen LogP contribution in [0.1, 0.15) is 221 Å². The number of benzene rings is 4. The van der Waals surface area contributed by atoms with Crippen molar-refractivity contribution in [3.63, 3.8) is 0 Å². The van der Waals surface area contributed by atoms with E-state index in [0.717, 1.165) is 29.8 Å². The second kappa shape index (κ2) is 43.3. The second-order valence-corrected chi connectivity index (χ2v) is 32.9. The Morgan fingerprint density at radius 3 is 1.13 bits per heavy atom. The van der Waals surface area contributed by atoms with Crippen molar-refractivity contribution in [1.29, 1.82) is 0 Å². The summed E-state index contributed by atoms with van der Waals surface area (Å²) < 4.78 is 2.53. The van der Waals surface area contributed by atoms with Crippen molar-refractivity contribution in [3.8, 4) is 79.3 Å². The number of carbonyl (C=O) groups is 2. The van der Waals surface area contributed by atoms with Crippen LogP contribution in [0.15, 0.2) is 195 Å². The molecule has 0 unspecified atom stereocenters. The number of unbranched alkanes of at least 4 members (excludes halogenated alkanes) is 16. The SMILES string of the molecule is CCCCCCCc1ccc2c(c1)-c1cc(CCCCCCC)ccc1C2c1ccc(-c2ccc(-c3ccnc(-c4cc(-c5ccc(-c6ccc(-n7c8ccc(CCCCCCC)cc8c8cc(CCCCCCC)ccc87)s6)s5)ccn4)c3)s2)s1.O=C(O)c1ccnc(-c2cc(C(=O)O)ccn2)c1.[N-]=C=S.[N-]=C=S.[Ru+2]. The molecule has 9 aromatic heterocycles. The summed E-state index contributed by atoms with van der Waals surface area (Å²) in [5.74, 6) is -1.89. The van der Waals surface area contributed by atoms with E-state index < -0.39 is 11.9 Å². The van der Waals surface area contributed by atoms with Gasteiger partial charge < -0.3 is 25.6 Å². The summed E-state index contributed by atoms with van der Waals surface area (Å²) >= 11 is 15.0. The first-order valence-corrected chi connectivity index (χ1v) is 43.0. The van der Waals surface area contributed by atoms with E-state index in [1.807, 2.05) is 57.7 Å². The molecule has 0 saturated heterocycles. The molecule has 1 aliphatic carbocycles. The fraction of sp³-hybridized carbons (Fsp3) is 0.312. The molecular weight excluding hydrogens is 1570 g/mol.